The number of benzene rings is 7. The molecule has 8 aromatic rings. The van der Waals surface area contributed by atoms with E-state index in [-0.39, 0.29) is 5.41 Å². The highest BCUT2D eigenvalue weighted by Gasteiger charge is 2.35. The minimum absolute atomic E-state index is 0.0182. The third kappa shape index (κ3) is 3.73. The second kappa shape index (κ2) is 9.44. The average molecular weight is 581 g/mol. The van der Waals surface area contributed by atoms with Crippen LogP contribution in [0.2, 0.25) is 0 Å². The topological polar surface area (TPSA) is 25.8 Å². The van der Waals surface area contributed by atoms with Crippen molar-refractivity contribution in [1.82, 2.24) is 8.75 Å². The molecule has 44 heavy (non-hydrogen) atoms. The van der Waals surface area contributed by atoms with Crippen molar-refractivity contribution in [1.29, 1.82) is 0 Å². The van der Waals surface area contributed by atoms with Crippen molar-refractivity contribution in [2.45, 2.75) is 19.3 Å². The molecule has 1 aromatic heterocycles. The summed E-state index contributed by atoms with van der Waals surface area (Å²) in [4.78, 5) is 0. The number of hydrogen-bond donors (Lipinski definition) is 0. The number of nitrogens with zero attached hydrogens (tertiary/aromatic N) is 2. The van der Waals surface area contributed by atoms with Gasteiger partial charge in [0.2, 0.25) is 0 Å². The van der Waals surface area contributed by atoms with Crippen molar-refractivity contribution in [2.24, 2.45) is 0 Å². The van der Waals surface area contributed by atoms with Crippen LogP contribution in [0.15, 0.2) is 133 Å². The van der Waals surface area contributed by atoms with Crippen LogP contribution < -0.4 is 0 Å². The molecule has 0 saturated carbocycles. The van der Waals surface area contributed by atoms with Gasteiger partial charge in [0.15, 0.2) is 0 Å². The Hall–Kier alpha value is -5.12. The van der Waals surface area contributed by atoms with Gasteiger partial charge in [-0.2, -0.15) is 8.75 Å². The Labute approximate surface area is 260 Å². The van der Waals surface area contributed by atoms with Crippen LogP contribution in [0.25, 0.3) is 77.1 Å². The van der Waals surface area contributed by atoms with Gasteiger partial charge in [-0.1, -0.05) is 123 Å². The highest BCUT2D eigenvalue weighted by atomic mass is 32.1. The summed E-state index contributed by atoms with van der Waals surface area (Å²) < 4.78 is 9.36. The van der Waals surface area contributed by atoms with Crippen molar-refractivity contribution in [3.05, 3.63) is 145 Å². The molecule has 208 valence electrons. The van der Waals surface area contributed by atoms with E-state index < -0.39 is 0 Å². The molecule has 0 N–H and O–H groups in total. The first-order chi connectivity index (χ1) is 21.6. The minimum atomic E-state index is 0.0182. The highest BCUT2D eigenvalue weighted by Crippen LogP contribution is 2.49. The monoisotopic (exact) mass is 580 g/mol. The molecular weight excluding hydrogens is 553 g/mol. The molecule has 0 spiro atoms. The molecule has 0 atom stereocenters. The summed E-state index contributed by atoms with van der Waals surface area (Å²) in [6.07, 6.45) is 0. The normalized spacial score (nSPS) is 13.4. The molecule has 9 rings (SSSR count). The van der Waals surface area contributed by atoms with Gasteiger partial charge >= 0.3 is 0 Å². The maximum Gasteiger partial charge on any atom is 0.113 e. The fourth-order valence-corrected chi connectivity index (χ4v) is 7.85. The zero-order valence-corrected chi connectivity index (χ0v) is 25.3. The molecule has 7 aromatic carbocycles. The quantitative estimate of drug-likeness (QED) is 0.194. The van der Waals surface area contributed by atoms with Crippen LogP contribution in [0.5, 0.6) is 0 Å². The Balaban J connectivity index is 1.12. The minimum Gasteiger partial charge on any atom is -0.172 e. The molecule has 0 bridgehead atoms. The summed E-state index contributed by atoms with van der Waals surface area (Å²) in [5.41, 5.74) is 14.8. The Morgan fingerprint density at radius 2 is 0.932 bits per heavy atom. The molecule has 0 saturated heterocycles. The Morgan fingerprint density at radius 1 is 0.409 bits per heavy atom. The van der Waals surface area contributed by atoms with E-state index in [1.54, 1.807) is 0 Å². The lowest BCUT2D eigenvalue weighted by Crippen LogP contribution is -2.14. The molecule has 0 fully saturated rings. The van der Waals surface area contributed by atoms with E-state index in [4.69, 9.17) is 4.37 Å². The summed E-state index contributed by atoms with van der Waals surface area (Å²) in [5, 5.41) is 4.75. The molecule has 0 unspecified atom stereocenters. The van der Waals surface area contributed by atoms with Crippen LogP contribution in [0, 0.1) is 0 Å². The average Bonchev–Trinajstić information content (AvgIpc) is 3.66. The SMILES string of the molecule is CC1(C)c2ccccc2-c2cc(-c3cccc(-c4cccc(-c5ccc6c7ccccc7c7nsnc7c6c5)c4)c3)ccc21. The zero-order chi connectivity index (χ0) is 29.4. The van der Waals surface area contributed by atoms with Gasteiger partial charge in [0.25, 0.3) is 0 Å². The first kappa shape index (κ1) is 25.4. The van der Waals surface area contributed by atoms with Crippen molar-refractivity contribution in [3.8, 4) is 44.5 Å². The van der Waals surface area contributed by atoms with Gasteiger partial charge in [0.05, 0.1) is 11.7 Å². The lowest BCUT2D eigenvalue weighted by Gasteiger charge is -2.21. The van der Waals surface area contributed by atoms with Crippen molar-refractivity contribution in [2.75, 3.05) is 0 Å². The summed E-state index contributed by atoms with van der Waals surface area (Å²) in [6, 6.07) is 48.9. The smallest absolute Gasteiger partial charge is 0.113 e. The van der Waals surface area contributed by atoms with Crippen molar-refractivity contribution >= 4 is 44.3 Å². The van der Waals surface area contributed by atoms with Crippen LogP contribution in [0.4, 0.5) is 0 Å². The van der Waals surface area contributed by atoms with Crippen LogP contribution in [-0.4, -0.2) is 8.75 Å². The lowest BCUT2D eigenvalue weighted by molar-refractivity contribution is 0.660. The number of hydrogen-bond acceptors (Lipinski definition) is 3. The van der Waals surface area contributed by atoms with Gasteiger partial charge in [-0.15, -0.1) is 0 Å². The van der Waals surface area contributed by atoms with Gasteiger partial charge in [-0.3, -0.25) is 0 Å². The Bertz CT molecular complexity index is 2430. The predicted octanol–water partition coefficient (Wildman–Crippen LogP) is 11.3. The van der Waals surface area contributed by atoms with E-state index in [1.807, 2.05) is 0 Å². The Kier molecular flexibility index (Phi) is 5.45. The van der Waals surface area contributed by atoms with E-state index >= 15 is 0 Å². The summed E-state index contributed by atoms with van der Waals surface area (Å²) in [5.74, 6) is 0. The predicted molar refractivity (Wildman–Crippen MR) is 186 cm³/mol. The maximum atomic E-state index is 4.71. The molecule has 0 radical (unpaired) electrons. The zero-order valence-electron chi connectivity index (χ0n) is 24.5. The fourth-order valence-electron chi connectivity index (χ4n) is 7.28. The van der Waals surface area contributed by atoms with Gasteiger partial charge in [0, 0.05) is 16.2 Å². The summed E-state index contributed by atoms with van der Waals surface area (Å²) in [7, 11) is 0. The van der Waals surface area contributed by atoms with Crippen LogP contribution >= 0.6 is 11.7 Å². The van der Waals surface area contributed by atoms with E-state index in [9.17, 15) is 0 Å². The van der Waals surface area contributed by atoms with Gasteiger partial charge in [-0.05, 0) is 90.7 Å². The van der Waals surface area contributed by atoms with Crippen LogP contribution in [0.1, 0.15) is 25.0 Å². The number of aromatic nitrogens is 2. The van der Waals surface area contributed by atoms with Crippen LogP contribution in [-0.2, 0) is 5.41 Å². The maximum absolute atomic E-state index is 4.71. The molecule has 1 aliphatic rings. The molecule has 0 aliphatic heterocycles. The van der Waals surface area contributed by atoms with E-state index in [2.05, 4.69) is 152 Å². The molecule has 2 nitrogen and oxygen atoms in total. The molecule has 1 aliphatic carbocycles. The second-order valence-electron chi connectivity index (χ2n) is 12.4. The largest absolute Gasteiger partial charge is 0.172 e. The van der Waals surface area contributed by atoms with Gasteiger partial charge < -0.3 is 0 Å². The third-order valence-corrected chi connectivity index (χ3v) is 10.1. The Morgan fingerprint density at radius 3 is 1.66 bits per heavy atom. The standard InChI is InChI=1S/C41H28N2S/c1-41(2)37-16-6-5-14-33(37)35-23-30(18-20-38(35)41)28-12-8-10-26(22-28)25-9-7-11-27(21-25)29-17-19-32-31-13-3-4-15-34(31)39-40(36(32)24-29)43-44-42-39/h3-24H,1-2H3. The molecule has 3 heteroatoms. The van der Waals surface area contributed by atoms with Gasteiger partial charge in [0.1, 0.15) is 11.0 Å². The summed E-state index contributed by atoms with van der Waals surface area (Å²) in [6.45, 7) is 4.66. The van der Waals surface area contributed by atoms with Crippen molar-refractivity contribution < 1.29 is 0 Å². The van der Waals surface area contributed by atoms with Crippen molar-refractivity contribution in [3.63, 3.8) is 0 Å². The van der Waals surface area contributed by atoms with E-state index in [0.717, 1.165) is 21.8 Å². The molecular formula is C41H28N2S. The number of rotatable bonds is 3. The van der Waals surface area contributed by atoms with Gasteiger partial charge in [-0.25, -0.2) is 0 Å². The van der Waals surface area contributed by atoms with E-state index in [1.165, 1.54) is 78.1 Å². The second-order valence-corrected chi connectivity index (χ2v) is 12.9. The number of fused-ring (bicyclic) bond motifs is 9. The third-order valence-electron chi connectivity index (χ3n) is 9.54. The molecule has 0 amide bonds. The van der Waals surface area contributed by atoms with E-state index in [0.29, 0.717) is 0 Å². The lowest BCUT2D eigenvalue weighted by atomic mass is 9.82. The highest BCUT2D eigenvalue weighted by molar-refractivity contribution is 7.00. The fraction of sp³-hybridized carbons (Fsp3) is 0.0732. The first-order valence-corrected chi connectivity index (χ1v) is 15.8. The first-order valence-electron chi connectivity index (χ1n) is 15.1. The summed E-state index contributed by atoms with van der Waals surface area (Å²) >= 11 is 1.29. The molecule has 1 heterocycles. The van der Waals surface area contributed by atoms with Crippen LogP contribution in [0.3, 0.4) is 0 Å².